The third kappa shape index (κ3) is 0.149. The Hall–Kier alpha value is 0. The quantitative estimate of drug-likeness (QED) is 0.450. The van der Waals surface area contributed by atoms with Gasteiger partial charge in [0.05, 0.1) is 0 Å². The highest BCUT2D eigenvalue weighted by molar-refractivity contribution is 5.37. The van der Waals surface area contributed by atoms with Crippen molar-refractivity contribution >= 4 is 0 Å². The van der Waals surface area contributed by atoms with Gasteiger partial charge in [-0.2, -0.15) is 0 Å². The maximum atomic E-state index is 1.68. The lowest BCUT2D eigenvalue weighted by molar-refractivity contribution is 0.434. The van der Waals surface area contributed by atoms with E-state index in [1.807, 2.05) is 0 Å². The van der Waals surface area contributed by atoms with Crippen LogP contribution in [0.3, 0.4) is 0 Å². The van der Waals surface area contributed by atoms with E-state index in [0.29, 0.717) is 0 Å². The summed E-state index contributed by atoms with van der Waals surface area (Å²) in [5, 5.41) is 0. The fourth-order valence-electron chi connectivity index (χ4n) is 5.54. The molecular weight excluding hydrogens is 108 g/mol. The van der Waals surface area contributed by atoms with Crippen LogP contribution in [0.4, 0.5) is 0 Å². The molecule has 46 valence electrons. The Labute approximate surface area is 54.6 Å². The molecule has 4 atom stereocenters. The summed E-state index contributed by atoms with van der Waals surface area (Å²) in [7, 11) is 0. The average molecular weight is 118 g/mol. The van der Waals surface area contributed by atoms with Crippen molar-refractivity contribution in [2.75, 3.05) is 0 Å². The summed E-state index contributed by atoms with van der Waals surface area (Å²) in [6.45, 7) is 0. The van der Waals surface area contributed by atoms with E-state index in [-0.39, 0.29) is 0 Å². The van der Waals surface area contributed by atoms with Gasteiger partial charge in [0.15, 0.2) is 0 Å². The van der Waals surface area contributed by atoms with E-state index in [0.717, 1.165) is 0 Å². The molecule has 6 saturated carbocycles. The monoisotopic (exact) mass is 118 g/mol. The van der Waals surface area contributed by atoms with Crippen molar-refractivity contribution < 1.29 is 0 Å². The van der Waals surface area contributed by atoms with Gasteiger partial charge in [-0.1, -0.05) is 0 Å². The van der Waals surface area contributed by atoms with Gasteiger partial charge >= 0.3 is 0 Å². The molecule has 6 rings (SSSR count). The topological polar surface area (TPSA) is 0 Å². The third-order valence-corrected chi connectivity index (χ3v) is 5.35. The Morgan fingerprint density at radius 3 is 1.22 bits per heavy atom. The summed E-state index contributed by atoms with van der Waals surface area (Å²) < 4.78 is 0. The van der Waals surface area contributed by atoms with Gasteiger partial charge in [-0.15, -0.1) is 0 Å². The van der Waals surface area contributed by atoms with Crippen LogP contribution >= 0.6 is 0 Å². The molecule has 0 heteroatoms. The summed E-state index contributed by atoms with van der Waals surface area (Å²) in [5.74, 6) is 10.5. The Kier molecular flexibility index (Phi) is 0.238. The van der Waals surface area contributed by atoms with E-state index < -0.39 is 0 Å². The van der Waals surface area contributed by atoms with Gasteiger partial charge in [0.2, 0.25) is 0 Å². The first-order chi connectivity index (χ1) is 4.48. The third-order valence-electron chi connectivity index (χ3n) is 5.35. The van der Waals surface area contributed by atoms with Crippen molar-refractivity contribution in [2.45, 2.75) is 6.42 Å². The van der Waals surface area contributed by atoms with Crippen LogP contribution < -0.4 is 0 Å². The molecule has 0 amide bonds. The highest BCUT2D eigenvalue weighted by Crippen LogP contribution is 2.94. The smallest absolute Gasteiger partial charge is 0.0312 e. The number of hydrogen-bond acceptors (Lipinski definition) is 0. The van der Waals surface area contributed by atoms with Crippen LogP contribution in [0.25, 0.3) is 0 Å². The van der Waals surface area contributed by atoms with Crippen molar-refractivity contribution in [1.29, 1.82) is 0 Å². The Bertz CT molecular complexity index is 165. The predicted molar refractivity (Wildman–Crippen MR) is 32.5 cm³/mol. The fourth-order valence-corrected chi connectivity index (χ4v) is 5.54. The van der Waals surface area contributed by atoms with E-state index >= 15 is 0 Å². The van der Waals surface area contributed by atoms with Gasteiger partial charge in [-0.3, -0.25) is 0 Å². The molecule has 0 N–H and O–H groups in total. The normalized spacial score (nSPS) is 98.7. The highest BCUT2D eigenvalue weighted by Gasteiger charge is 2.90. The van der Waals surface area contributed by atoms with Gasteiger partial charge in [0.1, 0.15) is 0 Å². The van der Waals surface area contributed by atoms with E-state index in [1.54, 1.807) is 6.42 Å². The predicted octanol–water partition coefficient (Wildman–Crippen LogP) is 1.37. The maximum Gasteiger partial charge on any atom is -0.0312 e. The van der Waals surface area contributed by atoms with Gasteiger partial charge in [-0.25, -0.2) is 0 Å². The van der Waals surface area contributed by atoms with Crippen LogP contribution in [-0.4, -0.2) is 0 Å². The zero-order valence-corrected chi connectivity index (χ0v) is 5.33. The van der Waals surface area contributed by atoms with Crippen LogP contribution in [-0.2, 0) is 0 Å². The van der Waals surface area contributed by atoms with Gasteiger partial charge in [-0.05, 0) is 53.8 Å². The summed E-state index contributed by atoms with van der Waals surface area (Å²) in [6.07, 6.45) is 1.68. The van der Waals surface area contributed by atoms with Crippen LogP contribution in [0.1, 0.15) is 6.42 Å². The van der Waals surface area contributed by atoms with Crippen LogP contribution in [0.15, 0.2) is 0 Å². The second kappa shape index (κ2) is 0.627. The Morgan fingerprint density at radius 2 is 1.00 bits per heavy atom. The summed E-state index contributed by atoms with van der Waals surface area (Å²) in [4.78, 5) is 0. The first-order valence-electron chi connectivity index (χ1n) is 4.48. The van der Waals surface area contributed by atoms with Crippen LogP contribution in [0.5, 0.6) is 0 Å². The van der Waals surface area contributed by atoms with Crippen molar-refractivity contribution in [2.24, 2.45) is 47.3 Å². The summed E-state index contributed by atoms with van der Waals surface area (Å²) >= 11 is 0. The van der Waals surface area contributed by atoms with Crippen molar-refractivity contribution in [1.82, 2.24) is 0 Å². The Balaban J connectivity index is 2.03. The van der Waals surface area contributed by atoms with E-state index in [2.05, 4.69) is 0 Å². The summed E-state index contributed by atoms with van der Waals surface area (Å²) in [5.41, 5.74) is 0. The molecule has 0 saturated heterocycles. The van der Waals surface area contributed by atoms with Crippen molar-refractivity contribution in [3.8, 4) is 0 Å². The second-order valence-corrected chi connectivity index (χ2v) is 5.03. The lowest BCUT2D eigenvalue weighted by Crippen LogP contribution is -2.00. The van der Waals surface area contributed by atoms with Gasteiger partial charge in [0.25, 0.3) is 0 Å². The molecule has 0 heterocycles. The van der Waals surface area contributed by atoms with Crippen molar-refractivity contribution in [3.63, 3.8) is 0 Å². The summed E-state index contributed by atoms with van der Waals surface area (Å²) in [6, 6.07) is 0. The zero-order valence-electron chi connectivity index (χ0n) is 5.33. The molecule has 0 aromatic rings. The first kappa shape index (κ1) is 3.41. The minimum absolute atomic E-state index is 1.29. The zero-order chi connectivity index (χ0) is 5.33. The van der Waals surface area contributed by atoms with E-state index in [1.165, 1.54) is 47.3 Å². The molecule has 0 aromatic heterocycles. The minimum atomic E-state index is 1.29. The van der Waals surface area contributed by atoms with Crippen LogP contribution in [0, 0.1) is 47.3 Å². The SMILES string of the molecule is C1C2C3C4C1C1C2C1C34. The minimum Gasteiger partial charge on any atom is -0.0464 e. The Morgan fingerprint density at radius 1 is 0.556 bits per heavy atom. The van der Waals surface area contributed by atoms with Crippen LogP contribution in [0.2, 0.25) is 0 Å². The first-order valence-corrected chi connectivity index (χ1v) is 4.48. The lowest BCUT2D eigenvalue weighted by atomic mass is 10.0. The van der Waals surface area contributed by atoms with Gasteiger partial charge < -0.3 is 0 Å². The fraction of sp³-hybridized carbons (Fsp3) is 1.00. The molecular formula is C9H10. The molecule has 6 fully saturated rings. The highest BCUT2D eigenvalue weighted by atomic mass is 14.9. The molecule has 6 aliphatic carbocycles. The van der Waals surface area contributed by atoms with E-state index in [4.69, 9.17) is 0 Å². The molecule has 0 aliphatic heterocycles. The second-order valence-electron chi connectivity index (χ2n) is 5.03. The van der Waals surface area contributed by atoms with Gasteiger partial charge in [0, 0.05) is 0 Å². The lowest BCUT2D eigenvalue weighted by Gasteiger charge is -2.03. The maximum absolute atomic E-state index is 1.68. The molecule has 0 aromatic carbocycles. The molecule has 0 nitrogen and oxygen atoms in total. The number of hydrogen-bond donors (Lipinski definition) is 0. The largest absolute Gasteiger partial charge is 0.0464 e. The molecule has 2 bridgehead atoms. The van der Waals surface area contributed by atoms with Crippen molar-refractivity contribution in [3.05, 3.63) is 0 Å². The molecule has 6 aliphatic rings. The molecule has 0 spiro atoms. The molecule has 0 radical (unpaired) electrons. The molecule has 9 heavy (non-hydrogen) atoms. The standard InChI is InChI=1S/C9H10/c1-2-4-6-3(1)7-5(2)9(7)8(4)6/h2-9H,1H2. The molecule has 4 unspecified atom stereocenters. The van der Waals surface area contributed by atoms with E-state index in [9.17, 15) is 0 Å². The average Bonchev–Trinajstić information content (AvgIpc) is 2.61. The number of rotatable bonds is 0.